The number of rotatable bonds is 9. The third kappa shape index (κ3) is 7.18. The van der Waals surface area contributed by atoms with Gasteiger partial charge < -0.3 is 0 Å². The molecule has 1 heterocycles. The Balaban J connectivity index is 1.60. The highest BCUT2D eigenvalue weighted by molar-refractivity contribution is 6.07. The molecule has 12 nitrogen and oxygen atoms in total. The molecule has 1 aromatic heterocycles. The minimum atomic E-state index is -0.620. The van der Waals surface area contributed by atoms with Crippen LogP contribution in [0.5, 0.6) is 0 Å². The fourth-order valence-corrected chi connectivity index (χ4v) is 3.63. The van der Waals surface area contributed by atoms with Crippen LogP contribution in [0.2, 0.25) is 0 Å². The summed E-state index contributed by atoms with van der Waals surface area (Å²) in [6.07, 6.45) is 0. The molecule has 0 saturated heterocycles. The van der Waals surface area contributed by atoms with Crippen LogP contribution < -0.4 is 16.0 Å². The van der Waals surface area contributed by atoms with Crippen molar-refractivity contribution in [2.24, 2.45) is 0 Å². The van der Waals surface area contributed by atoms with E-state index in [0.29, 0.717) is 16.7 Å². The van der Waals surface area contributed by atoms with Crippen LogP contribution >= 0.6 is 0 Å². The van der Waals surface area contributed by atoms with Crippen molar-refractivity contribution >= 4 is 52.9 Å². The fraction of sp³-hybridized carbons (Fsp3) is 0.100. The SMILES string of the molecule is CC(=O)c1ccc(C(=O)Nc2nc(NC(=O)c3ccc(C(C)=O)cc3)nc(NC(=O)c3ccc(C(C)=O)cc3)n2)cc1. The monoisotopic (exact) mass is 564 g/mol. The van der Waals surface area contributed by atoms with Crippen LogP contribution in [0.15, 0.2) is 72.8 Å². The number of ketones is 3. The number of nitrogens with one attached hydrogen (secondary N) is 3. The Labute approximate surface area is 239 Å². The van der Waals surface area contributed by atoms with Crippen LogP contribution in [-0.2, 0) is 0 Å². The molecule has 4 rings (SSSR count). The minimum Gasteiger partial charge on any atom is -0.295 e. The Bertz CT molecular complexity index is 1500. The Morgan fingerprint density at radius 1 is 0.381 bits per heavy atom. The Morgan fingerprint density at radius 2 is 0.571 bits per heavy atom. The quantitative estimate of drug-likeness (QED) is 0.251. The average Bonchev–Trinajstić information content (AvgIpc) is 2.97. The van der Waals surface area contributed by atoms with Crippen molar-refractivity contribution in [2.45, 2.75) is 20.8 Å². The maximum Gasteiger partial charge on any atom is 0.258 e. The van der Waals surface area contributed by atoms with Crippen molar-refractivity contribution in [3.05, 3.63) is 106 Å². The lowest BCUT2D eigenvalue weighted by Gasteiger charge is -2.11. The van der Waals surface area contributed by atoms with Crippen molar-refractivity contribution in [1.82, 2.24) is 15.0 Å². The third-order valence-corrected chi connectivity index (χ3v) is 5.97. The molecule has 0 aliphatic carbocycles. The first-order valence-corrected chi connectivity index (χ1v) is 12.5. The van der Waals surface area contributed by atoms with Crippen molar-refractivity contribution in [2.75, 3.05) is 16.0 Å². The number of aromatic nitrogens is 3. The zero-order valence-corrected chi connectivity index (χ0v) is 22.7. The molecule has 3 aromatic carbocycles. The number of carbonyl (C=O) groups is 6. The van der Waals surface area contributed by atoms with Gasteiger partial charge in [-0.25, -0.2) is 0 Å². The highest BCUT2D eigenvalue weighted by atomic mass is 16.2. The molecule has 0 radical (unpaired) electrons. The highest BCUT2D eigenvalue weighted by Crippen LogP contribution is 2.15. The molecule has 210 valence electrons. The predicted octanol–water partition coefficient (Wildman–Crippen LogP) is 4.24. The Hall–Kier alpha value is -5.91. The molecule has 0 spiro atoms. The van der Waals surface area contributed by atoms with Gasteiger partial charge >= 0.3 is 0 Å². The van der Waals surface area contributed by atoms with Crippen molar-refractivity contribution in [3.8, 4) is 0 Å². The van der Waals surface area contributed by atoms with Gasteiger partial charge in [-0.1, -0.05) is 36.4 Å². The molecule has 0 saturated carbocycles. The Kier molecular flexibility index (Phi) is 8.66. The molecular weight excluding hydrogens is 540 g/mol. The lowest BCUT2D eigenvalue weighted by Crippen LogP contribution is -2.21. The molecule has 0 atom stereocenters. The highest BCUT2D eigenvalue weighted by Gasteiger charge is 2.17. The topological polar surface area (TPSA) is 177 Å². The smallest absolute Gasteiger partial charge is 0.258 e. The zero-order valence-electron chi connectivity index (χ0n) is 22.7. The summed E-state index contributed by atoms with van der Waals surface area (Å²) in [6, 6.07) is 17.7. The lowest BCUT2D eigenvalue weighted by atomic mass is 10.1. The summed E-state index contributed by atoms with van der Waals surface area (Å²) in [4.78, 5) is 85.4. The van der Waals surface area contributed by atoms with Gasteiger partial charge in [-0.05, 0) is 57.2 Å². The van der Waals surface area contributed by atoms with Gasteiger partial charge in [-0.3, -0.25) is 44.7 Å². The summed E-state index contributed by atoms with van der Waals surface area (Å²) < 4.78 is 0. The van der Waals surface area contributed by atoms with Gasteiger partial charge in [-0.15, -0.1) is 0 Å². The maximum absolute atomic E-state index is 12.9. The summed E-state index contributed by atoms with van der Waals surface area (Å²) in [7, 11) is 0. The largest absolute Gasteiger partial charge is 0.295 e. The van der Waals surface area contributed by atoms with E-state index in [0.717, 1.165) is 0 Å². The third-order valence-electron chi connectivity index (χ3n) is 5.97. The van der Waals surface area contributed by atoms with Gasteiger partial charge in [0.2, 0.25) is 17.8 Å². The number of hydrogen-bond donors (Lipinski definition) is 3. The summed E-state index contributed by atoms with van der Waals surface area (Å²) in [5.74, 6) is -3.19. The molecule has 0 fully saturated rings. The van der Waals surface area contributed by atoms with E-state index >= 15 is 0 Å². The normalized spacial score (nSPS) is 10.4. The molecule has 0 bridgehead atoms. The van der Waals surface area contributed by atoms with Crippen molar-refractivity contribution in [1.29, 1.82) is 0 Å². The van der Waals surface area contributed by atoms with Gasteiger partial charge in [0.1, 0.15) is 0 Å². The molecule has 42 heavy (non-hydrogen) atoms. The van der Waals surface area contributed by atoms with E-state index in [-0.39, 0.29) is 51.9 Å². The molecule has 12 heteroatoms. The van der Waals surface area contributed by atoms with E-state index in [2.05, 4.69) is 30.9 Å². The molecule has 3 N–H and O–H groups in total. The van der Waals surface area contributed by atoms with E-state index in [4.69, 9.17) is 0 Å². The van der Waals surface area contributed by atoms with Gasteiger partial charge in [-0.2, -0.15) is 15.0 Å². The summed E-state index contributed by atoms with van der Waals surface area (Å²) in [5.41, 5.74) is 1.88. The summed E-state index contributed by atoms with van der Waals surface area (Å²) >= 11 is 0. The van der Waals surface area contributed by atoms with E-state index < -0.39 is 17.7 Å². The first-order chi connectivity index (χ1) is 20.0. The zero-order chi connectivity index (χ0) is 30.4. The number of amides is 3. The van der Waals surface area contributed by atoms with Crippen molar-refractivity contribution < 1.29 is 28.8 Å². The van der Waals surface area contributed by atoms with Gasteiger partial charge in [0.25, 0.3) is 17.7 Å². The number of hydrogen-bond acceptors (Lipinski definition) is 9. The summed E-state index contributed by atoms with van der Waals surface area (Å²) in [5, 5.41) is 7.47. The lowest BCUT2D eigenvalue weighted by molar-refractivity contribution is 0.100. The van der Waals surface area contributed by atoms with Crippen LogP contribution in [-0.4, -0.2) is 50.0 Å². The number of carbonyl (C=O) groups excluding carboxylic acids is 6. The molecular formula is C30H24N6O6. The van der Waals surface area contributed by atoms with Crippen LogP contribution in [0.1, 0.15) is 82.9 Å². The van der Waals surface area contributed by atoms with Gasteiger partial charge in [0, 0.05) is 33.4 Å². The summed E-state index contributed by atoms with van der Waals surface area (Å²) in [6.45, 7) is 4.21. The fourth-order valence-electron chi connectivity index (χ4n) is 3.63. The first kappa shape index (κ1) is 29.1. The second-order valence-corrected chi connectivity index (χ2v) is 9.07. The number of Topliss-reactive ketones (excluding diaryl/α,β-unsaturated/α-hetero) is 3. The minimum absolute atomic E-state index is 0.160. The number of benzene rings is 3. The predicted molar refractivity (Wildman–Crippen MR) is 153 cm³/mol. The van der Waals surface area contributed by atoms with Crippen LogP contribution in [0.25, 0.3) is 0 Å². The van der Waals surface area contributed by atoms with Gasteiger partial charge in [0.05, 0.1) is 0 Å². The average molecular weight is 565 g/mol. The van der Waals surface area contributed by atoms with E-state index in [1.165, 1.54) is 93.6 Å². The van der Waals surface area contributed by atoms with Gasteiger partial charge in [0.15, 0.2) is 17.3 Å². The number of nitrogens with zero attached hydrogens (tertiary/aromatic N) is 3. The number of anilines is 3. The van der Waals surface area contributed by atoms with Crippen molar-refractivity contribution in [3.63, 3.8) is 0 Å². The Morgan fingerprint density at radius 3 is 0.762 bits per heavy atom. The molecule has 0 aliphatic heterocycles. The van der Waals surface area contributed by atoms with E-state index in [1.54, 1.807) is 0 Å². The van der Waals surface area contributed by atoms with E-state index in [1.807, 2.05) is 0 Å². The van der Waals surface area contributed by atoms with E-state index in [9.17, 15) is 28.8 Å². The maximum atomic E-state index is 12.9. The molecule has 0 aliphatic rings. The van der Waals surface area contributed by atoms with Crippen LogP contribution in [0, 0.1) is 0 Å². The molecule has 4 aromatic rings. The van der Waals surface area contributed by atoms with Crippen LogP contribution in [0.3, 0.4) is 0 Å². The second-order valence-electron chi connectivity index (χ2n) is 9.07. The molecule has 0 unspecified atom stereocenters. The molecule has 3 amide bonds. The second kappa shape index (κ2) is 12.5. The first-order valence-electron chi connectivity index (χ1n) is 12.5. The van der Waals surface area contributed by atoms with Crippen LogP contribution in [0.4, 0.5) is 17.8 Å². The standard InChI is InChI=1S/C30H24N6O6/c1-16(37)19-4-10-22(11-5-19)25(40)31-28-34-29(32-26(41)23-12-6-20(7-13-23)17(2)38)36-30(35-28)33-27(42)24-14-8-21(9-15-24)18(3)39/h4-15H,1-3H3,(H3,31,32,33,34,35,36,40,41,42).